The lowest BCUT2D eigenvalue weighted by Crippen LogP contribution is -2.10. The Morgan fingerprint density at radius 3 is 1.74 bits per heavy atom. The zero-order valence-corrected chi connectivity index (χ0v) is 13.1. The van der Waals surface area contributed by atoms with Crippen molar-refractivity contribution in [2.75, 3.05) is 20.8 Å². The average Bonchev–Trinajstić information content (AvgIpc) is 2.41. The summed E-state index contributed by atoms with van der Waals surface area (Å²) in [7, 11) is 2.58. The number of hydrogen-bond donors (Lipinski definition) is 0. The predicted molar refractivity (Wildman–Crippen MR) is 73.2 cm³/mol. The van der Waals surface area contributed by atoms with Crippen molar-refractivity contribution in [2.24, 2.45) is 0 Å². The molecule has 0 aromatic carbocycles. The predicted octanol–water partition coefficient (Wildman–Crippen LogP) is 3.77. The van der Waals surface area contributed by atoms with Gasteiger partial charge in [-0.2, -0.15) is 0 Å². The first-order valence-electron chi connectivity index (χ1n) is 6.43. The van der Waals surface area contributed by atoms with Crippen molar-refractivity contribution < 1.29 is 28.5 Å². The molecule has 0 saturated carbocycles. The van der Waals surface area contributed by atoms with Crippen LogP contribution in [0.25, 0.3) is 0 Å². The van der Waals surface area contributed by atoms with Crippen molar-refractivity contribution in [3.8, 4) is 0 Å². The van der Waals surface area contributed by atoms with Crippen molar-refractivity contribution in [1.29, 1.82) is 0 Å². The molecule has 0 atom stereocenters. The molecule has 0 radical (unpaired) electrons. The van der Waals surface area contributed by atoms with E-state index in [9.17, 15) is 9.59 Å². The molecule has 0 aliphatic heterocycles. The molecule has 6 nitrogen and oxygen atoms in total. The summed E-state index contributed by atoms with van der Waals surface area (Å²) in [6, 6.07) is 0. The number of hydrogen-bond acceptors (Lipinski definition) is 6. The lowest BCUT2D eigenvalue weighted by molar-refractivity contribution is 0.0495. The third-order valence-corrected chi connectivity index (χ3v) is 1.38. The number of carbonyl (C=O) groups is 2. The second-order valence-electron chi connectivity index (χ2n) is 3.28. The molecule has 0 unspecified atom stereocenters. The van der Waals surface area contributed by atoms with Gasteiger partial charge in [0, 0.05) is 0 Å². The second-order valence-corrected chi connectivity index (χ2v) is 3.28. The lowest BCUT2D eigenvalue weighted by Gasteiger charge is -2.03. The minimum atomic E-state index is -0.625. The van der Waals surface area contributed by atoms with E-state index in [4.69, 9.17) is 0 Å². The highest BCUT2D eigenvalue weighted by Gasteiger charge is 2.01. The number of rotatable bonds is 4. The highest BCUT2D eigenvalue weighted by Crippen LogP contribution is 1.89. The maximum Gasteiger partial charge on any atom is 0.508 e. The van der Waals surface area contributed by atoms with Gasteiger partial charge in [0.25, 0.3) is 0 Å². The smallest absolute Gasteiger partial charge is 0.438 e. The fraction of sp³-hybridized carbons (Fsp3) is 0.846. The highest BCUT2D eigenvalue weighted by atomic mass is 16.7. The Morgan fingerprint density at radius 2 is 1.47 bits per heavy atom. The van der Waals surface area contributed by atoms with Gasteiger partial charge in [0.05, 0.1) is 26.9 Å². The molecule has 0 rings (SSSR count). The maximum atomic E-state index is 10.2. The van der Waals surface area contributed by atoms with Gasteiger partial charge in [0.2, 0.25) is 0 Å². The van der Waals surface area contributed by atoms with Crippen LogP contribution < -0.4 is 0 Å². The summed E-state index contributed by atoms with van der Waals surface area (Å²) < 4.78 is 17.5. The molecule has 0 amide bonds. The molecule has 6 heteroatoms. The summed E-state index contributed by atoms with van der Waals surface area (Å²) in [4.78, 5) is 20.4. The summed E-state index contributed by atoms with van der Waals surface area (Å²) in [5, 5.41) is 0. The molecule has 0 fully saturated rings. The molecule has 116 valence electrons. The van der Waals surface area contributed by atoms with Gasteiger partial charge in [-0.1, -0.05) is 27.2 Å². The fourth-order valence-corrected chi connectivity index (χ4v) is 0.599. The van der Waals surface area contributed by atoms with Crippen molar-refractivity contribution >= 4 is 12.3 Å². The van der Waals surface area contributed by atoms with Crippen LogP contribution in [0.15, 0.2) is 0 Å². The van der Waals surface area contributed by atoms with E-state index in [0.717, 1.165) is 12.8 Å². The summed E-state index contributed by atoms with van der Waals surface area (Å²) >= 11 is 0. The number of unbranched alkanes of at least 4 members (excludes halogenated alkanes) is 1. The van der Waals surface area contributed by atoms with Gasteiger partial charge < -0.3 is 18.9 Å². The average molecular weight is 280 g/mol. The summed E-state index contributed by atoms with van der Waals surface area (Å²) in [5.41, 5.74) is 0. The third-order valence-electron chi connectivity index (χ3n) is 1.38. The highest BCUT2D eigenvalue weighted by molar-refractivity contribution is 5.59. The van der Waals surface area contributed by atoms with Gasteiger partial charge in [0.15, 0.2) is 0 Å². The first-order valence-corrected chi connectivity index (χ1v) is 6.43. The normalized spacial score (nSPS) is 8.21. The first kappa shape index (κ1) is 22.7. The van der Waals surface area contributed by atoms with Gasteiger partial charge in [-0.05, 0) is 20.3 Å². The maximum absolute atomic E-state index is 10.2. The Kier molecular flexibility index (Phi) is 22.6. The molecule has 0 saturated heterocycles. The first-order chi connectivity index (χ1) is 8.97. The topological polar surface area (TPSA) is 71.1 Å². The Morgan fingerprint density at radius 1 is 1.00 bits per heavy atom. The standard InChI is InChI=1S/C6H12O3.C5H10O3.C2H6/c1-3-4-5-9-6(7)8-2;1-4(2)8-5(6)7-3;1-2/h3-5H2,1-2H3;4H,1-3H3;1-2H3. The number of ether oxygens (including phenoxy) is 4. The van der Waals surface area contributed by atoms with E-state index < -0.39 is 12.3 Å². The SMILES string of the molecule is CC.CCCCOC(=O)OC.COC(=O)OC(C)C. The molecule has 0 aliphatic carbocycles. The van der Waals surface area contributed by atoms with Crippen LogP contribution in [0.5, 0.6) is 0 Å². The third kappa shape index (κ3) is 26.3. The summed E-state index contributed by atoms with van der Waals surface area (Å²) in [6.07, 6.45) is 0.609. The largest absolute Gasteiger partial charge is 0.508 e. The Bertz CT molecular complexity index is 203. The summed E-state index contributed by atoms with van der Waals surface area (Å²) in [5.74, 6) is 0. The second kappa shape index (κ2) is 18.9. The minimum absolute atomic E-state index is 0.0950. The van der Waals surface area contributed by atoms with Crippen LogP contribution in [0, 0.1) is 0 Å². The Hall–Kier alpha value is -1.46. The van der Waals surface area contributed by atoms with E-state index in [1.54, 1.807) is 13.8 Å². The van der Waals surface area contributed by atoms with Crippen molar-refractivity contribution in [3.05, 3.63) is 0 Å². The molecule has 0 spiro atoms. The van der Waals surface area contributed by atoms with Crippen LogP contribution in [0.1, 0.15) is 47.5 Å². The molecule has 0 N–H and O–H groups in total. The van der Waals surface area contributed by atoms with Crippen LogP contribution in [0.3, 0.4) is 0 Å². The van der Waals surface area contributed by atoms with E-state index >= 15 is 0 Å². The van der Waals surface area contributed by atoms with Crippen LogP contribution in [0.2, 0.25) is 0 Å². The Labute approximate surface area is 116 Å². The van der Waals surface area contributed by atoms with Gasteiger partial charge in [0.1, 0.15) is 0 Å². The molecule has 0 aromatic heterocycles. The lowest BCUT2D eigenvalue weighted by atomic mass is 10.4. The van der Waals surface area contributed by atoms with Crippen molar-refractivity contribution in [2.45, 2.75) is 53.6 Å². The fourth-order valence-electron chi connectivity index (χ4n) is 0.599. The molecular weight excluding hydrogens is 252 g/mol. The monoisotopic (exact) mass is 280 g/mol. The summed E-state index contributed by atoms with van der Waals surface area (Å²) in [6.45, 7) is 10.0. The van der Waals surface area contributed by atoms with E-state index in [-0.39, 0.29) is 6.10 Å². The van der Waals surface area contributed by atoms with Crippen LogP contribution >= 0.6 is 0 Å². The zero-order valence-electron chi connectivity index (χ0n) is 13.1. The molecular formula is C13H28O6. The molecule has 0 bridgehead atoms. The van der Waals surface area contributed by atoms with Gasteiger partial charge >= 0.3 is 12.3 Å². The van der Waals surface area contributed by atoms with Crippen LogP contribution in [0.4, 0.5) is 9.59 Å². The molecule has 19 heavy (non-hydrogen) atoms. The Balaban J connectivity index is -0.000000239. The quantitative estimate of drug-likeness (QED) is 0.576. The van der Waals surface area contributed by atoms with E-state index in [0.29, 0.717) is 6.61 Å². The number of carbonyl (C=O) groups excluding carboxylic acids is 2. The van der Waals surface area contributed by atoms with Crippen molar-refractivity contribution in [1.82, 2.24) is 0 Å². The zero-order chi connectivity index (χ0) is 15.7. The van der Waals surface area contributed by atoms with Gasteiger partial charge in [-0.25, -0.2) is 9.59 Å². The van der Waals surface area contributed by atoms with E-state index in [2.05, 4.69) is 18.9 Å². The molecule has 0 aromatic rings. The van der Waals surface area contributed by atoms with Crippen molar-refractivity contribution in [3.63, 3.8) is 0 Å². The minimum Gasteiger partial charge on any atom is -0.438 e. The molecule has 0 aliphatic rings. The van der Waals surface area contributed by atoms with Crippen LogP contribution in [-0.2, 0) is 18.9 Å². The van der Waals surface area contributed by atoms with E-state index in [1.165, 1.54) is 14.2 Å². The number of methoxy groups -OCH3 is 2. The van der Waals surface area contributed by atoms with Crippen LogP contribution in [-0.4, -0.2) is 39.2 Å². The molecule has 0 heterocycles. The van der Waals surface area contributed by atoms with Gasteiger partial charge in [-0.3, -0.25) is 0 Å². The van der Waals surface area contributed by atoms with E-state index in [1.807, 2.05) is 20.8 Å². The van der Waals surface area contributed by atoms with Gasteiger partial charge in [-0.15, -0.1) is 0 Å².